The number of non-ortho nitro benzene ring substituents is 1. The number of ether oxygens (including phenoxy) is 1. The Morgan fingerprint density at radius 2 is 1.83 bits per heavy atom. The first-order valence-corrected chi connectivity index (χ1v) is 9.56. The first kappa shape index (κ1) is 19.6. The van der Waals surface area contributed by atoms with Crippen molar-refractivity contribution in [1.82, 2.24) is 14.8 Å². The number of benzene rings is 2. The molecule has 0 aliphatic carbocycles. The summed E-state index contributed by atoms with van der Waals surface area (Å²) < 4.78 is 5.97. The van der Waals surface area contributed by atoms with Gasteiger partial charge in [-0.2, -0.15) is 0 Å². The number of likely N-dealkylation sites (N-methyl/N-ethyl adjacent to an activating group) is 1. The number of carbonyl (C=O) groups excluding carboxylic acids is 1. The molecule has 1 N–H and O–H groups in total. The van der Waals surface area contributed by atoms with Crippen LogP contribution in [0.2, 0.25) is 0 Å². The number of nitro benzene ring substituents is 1. The fraction of sp³-hybridized carbons (Fsp3) is 0.238. The van der Waals surface area contributed by atoms with Crippen molar-refractivity contribution in [1.29, 1.82) is 0 Å². The summed E-state index contributed by atoms with van der Waals surface area (Å²) in [6.07, 6.45) is 1.54. The highest BCUT2D eigenvalue weighted by molar-refractivity contribution is 5.95. The maximum atomic E-state index is 12.5. The van der Waals surface area contributed by atoms with E-state index in [0.29, 0.717) is 41.2 Å². The molecule has 2 amide bonds. The fourth-order valence-corrected chi connectivity index (χ4v) is 3.37. The van der Waals surface area contributed by atoms with E-state index < -0.39 is 4.92 Å². The zero-order valence-electron chi connectivity index (χ0n) is 16.4. The SMILES string of the molecule is CN1CCN(C(=O)Nc2cc(Oc3ccc([N+](=O)[O-])c4ccccc34)ccn2)CC1. The molecule has 154 valence electrons. The van der Waals surface area contributed by atoms with Crippen LogP contribution in [-0.2, 0) is 0 Å². The van der Waals surface area contributed by atoms with Gasteiger partial charge in [0.25, 0.3) is 5.69 Å². The number of rotatable bonds is 4. The number of aromatic nitrogens is 1. The van der Waals surface area contributed by atoms with Crippen LogP contribution in [0.1, 0.15) is 0 Å². The molecule has 1 aromatic heterocycles. The summed E-state index contributed by atoms with van der Waals surface area (Å²) >= 11 is 0. The highest BCUT2D eigenvalue weighted by atomic mass is 16.6. The second kappa shape index (κ2) is 8.34. The Morgan fingerprint density at radius 1 is 1.10 bits per heavy atom. The van der Waals surface area contributed by atoms with Crippen molar-refractivity contribution in [3.05, 3.63) is 64.8 Å². The summed E-state index contributed by atoms with van der Waals surface area (Å²) in [5.74, 6) is 1.33. The lowest BCUT2D eigenvalue weighted by Gasteiger charge is -2.32. The first-order chi connectivity index (χ1) is 14.5. The molecule has 2 heterocycles. The van der Waals surface area contributed by atoms with Gasteiger partial charge in [-0.3, -0.25) is 15.4 Å². The number of pyridine rings is 1. The van der Waals surface area contributed by atoms with E-state index in [1.807, 2.05) is 7.05 Å². The molecule has 0 saturated carbocycles. The summed E-state index contributed by atoms with van der Waals surface area (Å²) in [6.45, 7) is 2.98. The van der Waals surface area contributed by atoms with Gasteiger partial charge in [-0.1, -0.05) is 18.2 Å². The standard InChI is InChI=1S/C21H21N5O4/c1-24-10-12-25(13-11-24)21(27)23-20-14-15(8-9-22-20)30-19-7-6-18(26(28)29)16-4-2-3-5-17(16)19/h2-9,14H,10-13H2,1H3,(H,22,23,27). The summed E-state index contributed by atoms with van der Waals surface area (Å²) in [7, 11) is 2.03. The molecule has 4 rings (SSSR count). The van der Waals surface area contributed by atoms with Crippen LogP contribution in [0.15, 0.2) is 54.7 Å². The number of fused-ring (bicyclic) bond motifs is 1. The van der Waals surface area contributed by atoms with Gasteiger partial charge in [-0.25, -0.2) is 9.78 Å². The Bertz CT molecular complexity index is 1100. The third-order valence-corrected chi connectivity index (χ3v) is 5.04. The van der Waals surface area contributed by atoms with Gasteiger partial charge >= 0.3 is 6.03 Å². The third-order valence-electron chi connectivity index (χ3n) is 5.04. The number of amides is 2. The molecule has 30 heavy (non-hydrogen) atoms. The largest absolute Gasteiger partial charge is 0.457 e. The number of nitro groups is 1. The van der Waals surface area contributed by atoms with Crippen LogP contribution in [0.4, 0.5) is 16.3 Å². The van der Waals surface area contributed by atoms with E-state index in [-0.39, 0.29) is 11.7 Å². The highest BCUT2D eigenvalue weighted by Crippen LogP contribution is 2.35. The summed E-state index contributed by atoms with van der Waals surface area (Å²) in [6, 6.07) is 13.1. The summed E-state index contributed by atoms with van der Waals surface area (Å²) in [4.78, 5) is 31.5. The molecule has 1 aliphatic heterocycles. The van der Waals surface area contributed by atoms with E-state index in [0.717, 1.165) is 13.1 Å². The molecule has 1 saturated heterocycles. The van der Waals surface area contributed by atoms with E-state index in [9.17, 15) is 14.9 Å². The molecule has 9 nitrogen and oxygen atoms in total. The number of nitrogens with zero attached hydrogens (tertiary/aromatic N) is 4. The molecule has 0 radical (unpaired) electrons. The lowest BCUT2D eigenvalue weighted by Crippen LogP contribution is -2.48. The van der Waals surface area contributed by atoms with E-state index in [1.165, 1.54) is 6.07 Å². The molecular weight excluding hydrogens is 386 g/mol. The van der Waals surface area contributed by atoms with Gasteiger partial charge in [-0.15, -0.1) is 0 Å². The lowest BCUT2D eigenvalue weighted by atomic mass is 10.1. The molecule has 9 heteroatoms. The van der Waals surface area contributed by atoms with Crippen molar-refractivity contribution < 1.29 is 14.5 Å². The number of nitrogens with one attached hydrogen (secondary N) is 1. The van der Waals surface area contributed by atoms with Crippen molar-refractivity contribution in [3.63, 3.8) is 0 Å². The maximum absolute atomic E-state index is 12.5. The third kappa shape index (κ3) is 4.15. The summed E-state index contributed by atoms with van der Waals surface area (Å²) in [5.41, 5.74) is 0.0211. The maximum Gasteiger partial charge on any atom is 0.323 e. The van der Waals surface area contributed by atoms with E-state index in [4.69, 9.17) is 4.74 Å². The van der Waals surface area contributed by atoms with Crippen molar-refractivity contribution in [2.24, 2.45) is 0 Å². The van der Waals surface area contributed by atoms with Crippen molar-refractivity contribution in [2.75, 3.05) is 38.5 Å². The predicted molar refractivity (Wildman–Crippen MR) is 113 cm³/mol. The van der Waals surface area contributed by atoms with Gasteiger partial charge in [0.1, 0.15) is 17.3 Å². The number of anilines is 1. The van der Waals surface area contributed by atoms with Gasteiger partial charge < -0.3 is 14.5 Å². The minimum atomic E-state index is -0.412. The average Bonchev–Trinajstić information content (AvgIpc) is 2.74. The molecule has 3 aromatic rings. The van der Waals surface area contributed by atoms with Crippen molar-refractivity contribution >= 4 is 28.3 Å². The molecule has 2 aromatic carbocycles. The second-order valence-electron chi connectivity index (χ2n) is 7.08. The first-order valence-electron chi connectivity index (χ1n) is 9.56. The quantitative estimate of drug-likeness (QED) is 0.523. The zero-order chi connectivity index (χ0) is 21.1. The number of urea groups is 1. The zero-order valence-corrected chi connectivity index (χ0v) is 16.4. The Balaban J connectivity index is 1.53. The van der Waals surface area contributed by atoms with Crippen LogP contribution < -0.4 is 10.1 Å². The van der Waals surface area contributed by atoms with Crippen LogP contribution in [-0.4, -0.2) is 59.0 Å². The van der Waals surface area contributed by atoms with Crippen LogP contribution in [0.3, 0.4) is 0 Å². The summed E-state index contributed by atoms with van der Waals surface area (Å²) in [5, 5.41) is 15.2. The lowest BCUT2D eigenvalue weighted by molar-refractivity contribution is -0.383. The van der Waals surface area contributed by atoms with Crippen LogP contribution in [0.25, 0.3) is 10.8 Å². The second-order valence-corrected chi connectivity index (χ2v) is 7.08. The van der Waals surface area contributed by atoms with E-state index in [1.54, 1.807) is 53.6 Å². The number of hydrogen-bond acceptors (Lipinski definition) is 6. The topological polar surface area (TPSA) is 101 Å². The minimum absolute atomic E-state index is 0.0211. The predicted octanol–water partition coefficient (Wildman–Crippen LogP) is 3.71. The fourth-order valence-electron chi connectivity index (χ4n) is 3.37. The molecular formula is C21H21N5O4. The molecule has 0 atom stereocenters. The van der Waals surface area contributed by atoms with E-state index >= 15 is 0 Å². The van der Waals surface area contributed by atoms with Gasteiger partial charge in [-0.05, 0) is 25.2 Å². The Hall–Kier alpha value is -3.72. The minimum Gasteiger partial charge on any atom is -0.457 e. The molecule has 0 spiro atoms. The van der Waals surface area contributed by atoms with Crippen LogP contribution >= 0.6 is 0 Å². The van der Waals surface area contributed by atoms with Gasteiger partial charge in [0.2, 0.25) is 0 Å². The van der Waals surface area contributed by atoms with Crippen LogP contribution in [0, 0.1) is 10.1 Å². The number of carbonyl (C=O) groups is 1. The number of hydrogen-bond donors (Lipinski definition) is 1. The molecule has 0 bridgehead atoms. The van der Waals surface area contributed by atoms with E-state index in [2.05, 4.69) is 15.2 Å². The Morgan fingerprint density at radius 3 is 2.57 bits per heavy atom. The monoisotopic (exact) mass is 407 g/mol. The molecule has 1 aliphatic rings. The van der Waals surface area contributed by atoms with Gasteiger partial charge in [0.05, 0.1) is 10.3 Å². The van der Waals surface area contributed by atoms with Crippen molar-refractivity contribution in [3.8, 4) is 11.5 Å². The average molecular weight is 407 g/mol. The Kier molecular flexibility index (Phi) is 5.44. The smallest absolute Gasteiger partial charge is 0.323 e. The number of piperazine rings is 1. The molecule has 1 fully saturated rings. The highest BCUT2D eigenvalue weighted by Gasteiger charge is 2.20. The molecule has 0 unspecified atom stereocenters. The Labute approximate surface area is 173 Å². The van der Waals surface area contributed by atoms with Gasteiger partial charge in [0.15, 0.2) is 0 Å². The van der Waals surface area contributed by atoms with Crippen molar-refractivity contribution in [2.45, 2.75) is 0 Å². The normalized spacial score (nSPS) is 14.5. The van der Waals surface area contributed by atoms with Crippen LogP contribution in [0.5, 0.6) is 11.5 Å². The van der Waals surface area contributed by atoms with Gasteiger partial charge in [0, 0.05) is 49.9 Å².